The van der Waals surface area contributed by atoms with Crippen molar-refractivity contribution < 1.29 is 19.2 Å². The van der Waals surface area contributed by atoms with E-state index in [0.717, 1.165) is 24.3 Å². The van der Waals surface area contributed by atoms with Crippen LogP contribution in [0.3, 0.4) is 0 Å². The molecule has 0 aliphatic carbocycles. The lowest BCUT2D eigenvalue weighted by atomic mass is 10.1. The molecule has 2 aromatic rings. The predicted molar refractivity (Wildman–Crippen MR) is 120 cm³/mol. The van der Waals surface area contributed by atoms with Gasteiger partial charge in [0.05, 0.1) is 0 Å². The molecule has 2 aromatic carbocycles. The van der Waals surface area contributed by atoms with Crippen molar-refractivity contribution in [1.82, 2.24) is 10.4 Å². The first-order valence-electron chi connectivity index (χ1n) is 10.6. The van der Waals surface area contributed by atoms with Crippen LogP contribution in [-0.2, 0) is 20.8 Å². The van der Waals surface area contributed by atoms with E-state index in [9.17, 15) is 9.59 Å². The van der Waals surface area contributed by atoms with Crippen molar-refractivity contribution in [3.05, 3.63) is 66.2 Å². The van der Waals surface area contributed by atoms with Gasteiger partial charge in [-0.25, -0.2) is 4.79 Å². The molecule has 166 valence electrons. The summed E-state index contributed by atoms with van der Waals surface area (Å²) in [6.07, 6.45) is -0.139. The third kappa shape index (κ3) is 7.00. The van der Waals surface area contributed by atoms with Crippen molar-refractivity contribution in [2.45, 2.75) is 38.8 Å². The summed E-state index contributed by atoms with van der Waals surface area (Å²) < 4.78 is 5.50. The number of hydrogen-bond acceptors (Lipinski definition) is 6. The fraction of sp³-hybridized carbons (Fsp3) is 0.417. The maximum absolute atomic E-state index is 12.7. The van der Waals surface area contributed by atoms with Gasteiger partial charge in [-0.2, -0.15) is 0 Å². The Hall–Kier alpha value is -3.06. The topological polar surface area (TPSA) is 71.1 Å². The molecule has 7 nitrogen and oxygen atoms in total. The van der Waals surface area contributed by atoms with E-state index in [4.69, 9.17) is 9.57 Å². The molecule has 1 aliphatic rings. The Morgan fingerprint density at radius 1 is 0.935 bits per heavy atom. The summed E-state index contributed by atoms with van der Waals surface area (Å²) in [5.41, 5.74) is 4.10. The summed E-state index contributed by atoms with van der Waals surface area (Å²) >= 11 is 0. The maximum Gasteiger partial charge on any atom is 0.428 e. The number of esters is 1. The number of rotatable bonds is 6. The van der Waals surface area contributed by atoms with Crippen LogP contribution in [0.1, 0.15) is 26.3 Å². The average Bonchev–Trinajstić information content (AvgIpc) is 2.76. The minimum atomic E-state index is -0.795. The molecule has 0 spiro atoms. The Labute approximate surface area is 183 Å². The molecular weight excluding hydrogens is 394 g/mol. The third-order valence-corrected chi connectivity index (χ3v) is 4.92. The van der Waals surface area contributed by atoms with Crippen LogP contribution in [-0.4, -0.2) is 54.8 Å². The summed E-state index contributed by atoms with van der Waals surface area (Å²) in [6, 6.07) is 18.9. The highest BCUT2D eigenvalue weighted by atomic mass is 16.7. The highest BCUT2D eigenvalue weighted by molar-refractivity contribution is 5.77. The smallest absolute Gasteiger partial charge is 0.428 e. The lowest BCUT2D eigenvalue weighted by molar-refractivity contribution is -0.160. The first-order valence-corrected chi connectivity index (χ1v) is 10.6. The highest BCUT2D eigenvalue weighted by Gasteiger charge is 2.28. The summed E-state index contributed by atoms with van der Waals surface area (Å²) in [4.78, 5) is 34.4. The van der Waals surface area contributed by atoms with E-state index in [-0.39, 0.29) is 0 Å². The number of benzene rings is 2. The van der Waals surface area contributed by atoms with E-state index in [0.29, 0.717) is 19.5 Å². The zero-order valence-electron chi connectivity index (χ0n) is 18.4. The van der Waals surface area contributed by atoms with Crippen molar-refractivity contribution >= 4 is 17.7 Å². The zero-order valence-corrected chi connectivity index (χ0v) is 18.4. The number of para-hydroxylation sites is 1. The van der Waals surface area contributed by atoms with Gasteiger partial charge in [-0.05, 0) is 38.5 Å². The van der Waals surface area contributed by atoms with Crippen LogP contribution in [0.2, 0.25) is 0 Å². The monoisotopic (exact) mass is 425 g/mol. The maximum atomic E-state index is 12.7. The Kier molecular flexibility index (Phi) is 7.52. The van der Waals surface area contributed by atoms with Crippen LogP contribution in [0.25, 0.3) is 0 Å². The molecule has 3 rings (SSSR count). The minimum Gasteiger partial charge on any atom is -0.459 e. The highest BCUT2D eigenvalue weighted by Crippen LogP contribution is 2.16. The zero-order chi connectivity index (χ0) is 22.3. The normalized spacial score (nSPS) is 15.3. The predicted octanol–water partition coefficient (Wildman–Crippen LogP) is 3.40. The number of nitrogens with zero attached hydrogens (tertiary/aromatic N) is 2. The summed E-state index contributed by atoms with van der Waals surface area (Å²) in [5, 5.41) is 0. The minimum absolute atomic E-state index is 0.352. The number of piperazine rings is 1. The van der Waals surface area contributed by atoms with E-state index in [2.05, 4.69) is 22.5 Å². The molecule has 7 heteroatoms. The fourth-order valence-electron chi connectivity index (χ4n) is 3.37. The third-order valence-electron chi connectivity index (χ3n) is 4.92. The molecule has 0 saturated carbocycles. The molecule has 1 heterocycles. The second-order valence-electron chi connectivity index (χ2n) is 8.57. The van der Waals surface area contributed by atoms with Gasteiger partial charge in [0.2, 0.25) is 0 Å². The number of nitrogens with one attached hydrogen (secondary N) is 1. The van der Waals surface area contributed by atoms with Crippen molar-refractivity contribution in [2.75, 3.05) is 31.1 Å². The lowest BCUT2D eigenvalue weighted by Crippen LogP contribution is -2.51. The van der Waals surface area contributed by atoms with Crippen LogP contribution in [0.15, 0.2) is 60.7 Å². The summed E-state index contributed by atoms with van der Waals surface area (Å²) in [7, 11) is 0. The van der Waals surface area contributed by atoms with Crippen LogP contribution < -0.4 is 10.4 Å². The Morgan fingerprint density at radius 2 is 1.52 bits per heavy atom. The van der Waals surface area contributed by atoms with Crippen molar-refractivity contribution in [2.24, 2.45) is 0 Å². The number of carbonyl (C=O) groups is 2. The molecule has 1 fully saturated rings. The first kappa shape index (κ1) is 22.6. The van der Waals surface area contributed by atoms with Crippen molar-refractivity contribution in [3.8, 4) is 0 Å². The van der Waals surface area contributed by atoms with Gasteiger partial charge in [0.15, 0.2) is 0 Å². The van der Waals surface area contributed by atoms with Gasteiger partial charge in [0, 0.05) is 38.3 Å². The molecule has 1 amide bonds. The number of hydrogen-bond donors (Lipinski definition) is 1. The molecule has 0 aromatic heterocycles. The second kappa shape index (κ2) is 10.3. The van der Waals surface area contributed by atoms with Gasteiger partial charge in [-0.15, -0.1) is 5.48 Å². The van der Waals surface area contributed by atoms with Crippen LogP contribution in [0, 0.1) is 0 Å². The van der Waals surface area contributed by atoms with Gasteiger partial charge in [0.1, 0.15) is 11.6 Å². The number of ether oxygens (including phenoxy) is 1. The molecule has 0 radical (unpaired) electrons. The molecule has 0 unspecified atom stereocenters. The molecule has 1 N–H and O–H groups in total. The summed E-state index contributed by atoms with van der Waals surface area (Å²) in [5.74, 6) is -0.460. The molecule has 1 saturated heterocycles. The average molecular weight is 426 g/mol. The molecule has 1 atom stereocenters. The lowest BCUT2D eigenvalue weighted by Gasteiger charge is -2.35. The quantitative estimate of drug-likeness (QED) is 0.565. The van der Waals surface area contributed by atoms with Crippen molar-refractivity contribution in [3.63, 3.8) is 0 Å². The Balaban J connectivity index is 1.55. The van der Waals surface area contributed by atoms with Crippen LogP contribution >= 0.6 is 0 Å². The van der Waals surface area contributed by atoms with E-state index in [1.54, 1.807) is 4.90 Å². The van der Waals surface area contributed by atoms with Gasteiger partial charge in [0.25, 0.3) is 0 Å². The first-order chi connectivity index (χ1) is 14.8. The standard InChI is InChI=1S/C24H31N3O4/c1-24(2,3)30-22(28)21(18-19-10-6-4-7-11-19)25-31-23(29)27-16-14-26(15-17-27)20-12-8-5-9-13-20/h4-13,21,25H,14-18H2,1-3H3/t21-/m0/s1. The van der Waals surface area contributed by atoms with Gasteiger partial charge in [-0.3, -0.25) is 4.79 Å². The molecule has 31 heavy (non-hydrogen) atoms. The molecular formula is C24H31N3O4. The van der Waals surface area contributed by atoms with E-state index < -0.39 is 23.7 Å². The van der Waals surface area contributed by atoms with E-state index in [1.165, 1.54) is 0 Å². The Morgan fingerprint density at radius 3 is 2.10 bits per heavy atom. The second-order valence-corrected chi connectivity index (χ2v) is 8.57. The number of amides is 1. The number of hydroxylamine groups is 1. The van der Waals surface area contributed by atoms with Gasteiger partial charge < -0.3 is 19.4 Å². The largest absolute Gasteiger partial charge is 0.459 e. The Bertz CT molecular complexity index is 844. The van der Waals surface area contributed by atoms with E-state index >= 15 is 0 Å². The van der Waals surface area contributed by atoms with Crippen LogP contribution in [0.4, 0.5) is 10.5 Å². The van der Waals surface area contributed by atoms with Gasteiger partial charge >= 0.3 is 12.1 Å². The van der Waals surface area contributed by atoms with Gasteiger partial charge in [-0.1, -0.05) is 48.5 Å². The number of anilines is 1. The summed E-state index contributed by atoms with van der Waals surface area (Å²) in [6.45, 7) is 7.96. The molecule has 1 aliphatic heterocycles. The molecule has 0 bridgehead atoms. The number of carbonyl (C=O) groups excluding carboxylic acids is 2. The fourth-order valence-corrected chi connectivity index (χ4v) is 3.37. The van der Waals surface area contributed by atoms with E-state index in [1.807, 2.05) is 69.3 Å². The van der Waals surface area contributed by atoms with Crippen molar-refractivity contribution in [1.29, 1.82) is 0 Å². The SMILES string of the molecule is CC(C)(C)OC(=O)[C@H](Cc1ccccc1)NOC(=O)N1CCN(c2ccccc2)CC1. The van der Waals surface area contributed by atoms with Crippen LogP contribution in [0.5, 0.6) is 0 Å².